The van der Waals surface area contributed by atoms with E-state index in [1.807, 2.05) is 60.6 Å². The number of pyridine rings is 1. The highest BCUT2D eigenvalue weighted by molar-refractivity contribution is 6.05. The summed E-state index contributed by atoms with van der Waals surface area (Å²) in [5, 5.41) is 1.06. The second-order valence-electron chi connectivity index (χ2n) is 10.7. The summed E-state index contributed by atoms with van der Waals surface area (Å²) in [6, 6.07) is 20.3. The number of hydrogen-bond donors (Lipinski definition) is 1. The molecule has 0 amide bonds. The van der Waals surface area contributed by atoms with Gasteiger partial charge in [-0.25, -0.2) is 9.98 Å². The molecule has 1 saturated heterocycles. The van der Waals surface area contributed by atoms with Crippen molar-refractivity contribution in [1.82, 2.24) is 14.8 Å². The first-order chi connectivity index (χ1) is 19.5. The van der Waals surface area contributed by atoms with Crippen LogP contribution in [0.4, 0.5) is 0 Å². The van der Waals surface area contributed by atoms with Gasteiger partial charge in [0, 0.05) is 42.5 Å². The summed E-state index contributed by atoms with van der Waals surface area (Å²) >= 11 is 0. The van der Waals surface area contributed by atoms with Crippen LogP contribution in [0, 0.1) is 5.92 Å². The molecular formula is C34H44N6. The number of benzene rings is 2. The van der Waals surface area contributed by atoms with Crippen LogP contribution < -0.4 is 5.73 Å². The molecule has 3 heterocycles. The molecule has 2 aromatic carbocycles. The number of nitrogens with zero attached hydrogens (tertiary/aromatic N) is 5. The summed E-state index contributed by atoms with van der Waals surface area (Å²) in [7, 11) is 1.91. The minimum Gasteiger partial charge on any atom is -0.382 e. The number of hydrogen-bond acceptors (Lipinski definition) is 6. The first kappa shape index (κ1) is 29.2. The Bertz CT molecular complexity index is 1350. The standard InChI is InChI=1S/C22H19N5.C12H25N/c1-24-20(21-22(23)25-12-13-27(21)2)17-9-8-16-10-11-18(26-19(16)14-17)15-6-4-3-5-7-15;1-3-5-8-12(7-4-2)11-13-9-6-10-13/h3-14H,1H2,2H3,(H2,23,25);12H,3-11H2,1-2H3/b21-20-;. The summed E-state index contributed by atoms with van der Waals surface area (Å²) in [5.74, 6) is 1.40. The van der Waals surface area contributed by atoms with Crippen LogP contribution in [0.1, 0.15) is 57.9 Å². The lowest BCUT2D eigenvalue weighted by Crippen LogP contribution is -2.40. The first-order valence-electron chi connectivity index (χ1n) is 14.7. The lowest BCUT2D eigenvalue weighted by molar-refractivity contribution is 0.143. The topological polar surface area (TPSA) is 70.1 Å². The van der Waals surface area contributed by atoms with Crippen LogP contribution in [-0.4, -0.2) is 54.0 Å². The van der Waals surface area contributed by atoms with Gasteiger partial charge in [0.25, 0.3) is 0 Å². The zero-order valence-electron chi connectivity index (χ0n) is 24.4. The number of likely N-dealkylation sites (N-methyl/N-ethyl adjacent to an activating group) is 1. The van der Waals surface area contributed by atoms with Crippen molar-refractivity contribution in [2.24, 2.45) is 21.6 Å². The molecule has 1 aromatic heterocycles. The number of rotatable bonds is 10. The number of likely N-dealkylation sites (tertiary alicyclic amines) is 1. The minimum atomic E-state index is 0.411. The van der Waals surface area contributed by atoms with Gasteiger partial charge in [-0.05, 0) is 57.1 Å². The Balaban J connectivity index is 0.000000240. The van der Waals surface area contributed by atoms with E-state index in [2.05, 4.69) is 53.6 Å². The number of amidine groups is 1. The van der Waals surface area contributed by atoms with Gasteiger partial charge in [-0.1, -0.05) is 81.6 Å². The molecule has 3 aromatic rings. The SMILES string of the molecule is C=N/C(=C1/C(N)=NC=CN1C)c1ccc2ccc(-c3ccccc3)nc2c1.CCCCC(CCC)CN1CCC1. The lowest BCUT2D eigenvalue weighted by atomic mass is 9.95. The molecule has 2 aliphatic rings. The molecule has 6 heteroatoms. The molecule has 1 atom stereocenters. The largest absolute Gasteiger partial charge is 0.382 e. The van der Waals surface area contributed by atoms with E-state index in [9.17, 15) is 0 Å². The molecule has 5 rings (SSSR count). The zero-order valence-corrected chi connectivity index (χ0v) is 24.4. The molecule has 40 heavy (non-hydrogen) atoms. The summed E-state index contributed by atoms with van der Waals surface area (Å²) in [6.07, 6.45) is 12.0. The third kappa shape index (κ3) is 7.45. The maximum Gasteiger partial charge on any atom is 0.149 e. The van der Waals surface area contributed by atoms with Gasteiger partial charge in [-0.15, -0.1) is 0 Å². The Hall–Kier alpha value is -3.77. The van der Waals surface area contributed by atoms with Crippen molar-refractivity contribution >= 4 is 29.2 Å². The van der Waals surface area contributed by atoms with Crippen molar-refractivity contribution in [3.8, 4) is 11.3 Å². The van der Waals surface area contributed by atoms with E-state index in [0.29, 0.717) is 11.5 Å². The number of nitrogens with two attached hydrogens (primary N) is 1. The van der Waals surface area contributed by atoms with Crippen LogP contribution in [0.3, 0.4) is 0 Å². The molecule has 210 valence electrons. The average molecular weight is 537 g/mol. The number of aromatic nitrogens is 1. The summed E-state index contributed by atoms with van der Waals surface area (Å²) < 4.78 is 0. The molecule has 2 N–H and O–H groups in total. The van der Waals surface area contributed by atoms with Gasteiger partial charge >= 0.3 is 0 Å². The fraction of sp³-hybridized carbons (Fsp3) is 0.382. The zero-order chi connectivity index (χ0) is 28.3. The number of aliphatic imine (C=N–C) groups is 2. The molecule has 2 aliphatic heterocycles. The second kappa shape index (κ2) is 14.6. The second-order valence-corrected chi connectivity index (χ2v) is 10.7. The maximum absolute atomic E-state index is 6.09. The van der Waals surface area contributed by atoms with Crippen LogP contribution >= 0.6 is 0 Å². The average Bonchev–Trinajstić information content (AvgIpc) is 2.96. The third-order valence-electron chi connectivity index (χ3n) is 7.64. The van der Waals surface area contributed by atoms with Gasteiger partial charge in [0.2, 0.25) is 0 Å². The van der Waals surface area contributed by atoms with Crippen LogP contribution in [0.5, 0.6) is 0 Å². The summed E-state index contributed by atoms with van der Waals surface area (Å²) in [6.45, 7) is 12.5. The Morgan fingerprint density at radius 1 is 1.02 bits per heavy atom. The molecular weight excluding hydrogens is 492 g/mol. The van der Waals surface area contributed by atoms with Gasteiger partial charge in [-0.3, -0.25) is 4.99 Å². The van der Waals surface area contributed by atoms with E-state index >= 15 is 0 Å². The normalized spacial score (nSPS) is 17.0. The molecule has 1 unspecified atom stereocenters. The highest BCUT2D eigenvalue weighted by atomic mass is 15.2. The van der Waals surface area contributed by atoms with Crippen molar-refractivity contribution in [3.05, 3.63) is 84.3 Å². The molecule has 1 fully saturated rings. The molecule has 0 saturated carbocycles. The van der Waals surface area contributed by atoms with E-state index in [1.165, 1.54) is 58.2 Å². The predicted octanol–water partition coefficient (Wildman–Crippen LogP) is 7.34. The number of fused-ring (bicyclic) bond motifs is 1. The van der Waals surface area contributed by atoms with Crippen molar-refractivity contribution < 1.29 is 0 Å². The monoisotopic (exact) mass is 536 g/mol. The molecule has 0 bridgehead atoms. The van der Waals surface area contributed by atoms with Crippen molar-refractivity contribution in [2.75, 3.05) is 26.7 Å². The van der Waals surface area contributed by atoms with Crippen LogP contribution in [0.25, 0.3) is 27.9 Å². The third-order valence-corrected chi connectivity index (χ3v) is 7.64. The Kier molecular flexibility index (Phi) is 10.6. The van der Waals surface area contributed by atoms with Gasteiger partial charge in [0.1, 0.15) is 11.5 Å². The van der Waals surface area contributed by atoms with Gasteiger partial charge in [0.05, 0.1) is 16.9 Å². The maximum atomic E-state index is 6.09. The highest BCUT2D eigenvalue weighted by Gasteiger charge is 2.19. The van der Waals surface area contributed by atoms with Crippen molar-refractivity contribution in [1.29, 1.82) is 0 Å². The Morgan fingerprint density at radius 3 is 2.45 bits per heavy atom. The quantitative estimate of drug-likeness (QED) is 0.275. The molecule has 0 spiro atoms. The summed E-state index contributed by atoms with van der Waals surface area (Å²) in [4.78, 5) is 17.8. The van der Waals surface area contributed by atoms with E-state index in [4.69, 9.17) is 10.7 Å². The van der Waals surface area contributed by atoms with Gasteiger partial charge in [0.15, 0.2) is 0 Å². The Morgan fingerprint density at radius 2 is 1.80 bits per heavy atom. The fourth-order valence-electron chi connectivity index (χ4n) is 5.31. The van der Waals surface area contributed by atoms with Crippen LogP contribution in [0.15, 0.2) is 88.7 Å². The van der Waals surface area contributed by atoms with Crippen molar-refractivity contribution in [2.45, 2.75) is 52.4 Å². The van der Waals surface area contributed by atoms with Crippen LogP contribution in [0.2, 0.25) is 0 Å². The fourth-order valence-corrected chi connectivity index (χ4v) is 5.31. The van der Waals surface area contributed by atoms with E-state index < -0.39 is 0 Å². The Labute approximate surface area is 240 Å². The van der Waals surface area contributed by atoms with E-state index in [-0.39, 0.29) is 0 Å². The molecule has 0 radical (unpaired) electrons. The van der Waals surface area contributed by atoms with E-state index in [1.54, 1.807) is 6.20 Å². The van der Waals surface area contributed by atoms with Gasteiger partial charge in [-0.2, -0.15) is 0 Å². The smallest absolute Gasteiger partial charge is 0.149 e. The molecule has 0 aliphatic carbocycles. The van der Waals surface area contributed by atoms with E-state index in [0.717, 1.165) is 39.3 Å². The lowest BCUT2D eigenvalue weighted by Gasteiger charge is -2.34. The van der Waals surface area contributed by atoms with Gasteiger partial charge < -0.3 is 15.5 Å². The minimum absolute atomic E-state index is 0.411. The predicted molar refractivity (Wildman–Crippen MR) is 171 cm³/mol. The van der Waals surface area contributed by atoms with Crippen LogP contribution in [-0.2, 0) is 0 Å². The molecule has 6 nitrogen and oxygen atoms in total. The first-order valence-corrected chi connectivity index (χ1v) is 14.7. The number of unbranched alkanes of at least 4 members (excludes halogenated alkanes) is 1. The highest BCUT2D eigenvalue weighted by Crippen LogP contribution is 2.28. The summed E-state index contributed by atoms with van der Waals surface area (Å²) in [5.41, 5.74) is 11.3. The van der Waals surface area contributed by atoms with Crippen molar-refractivity contribution in [3.63, 3.8) is 0 Å².